The molecule has 0 aliphatic heterocycles. The molecule has 6 nitrogen and oxygen atoms in total. The summed E-state index contributed by atoms with van der Waals surface area (Å²) in [5.74, 6) is -0.320. The van der Waals surface area contributed by atoms with E-state index >= 15 is 0 Å². The summed E-state index contributed by atoms with van der Waals surface area (Å²) in [6, 6.07) is -0.678. The molecule has 2 atom stereocenters. The molecule has 1 saturated carbocycles. The van der Waals surface area contributed by atoms with Crippen LogP contribution in [0.5, 0.6) is 0 Å². The molecule has 0 aromatic carbocycles. The van der Waals surface area contributed by atoms with E-state index in [4.69, 9.17) is 4.74 Å². The summed E-state index contributed by atoms with van der Waals surface area (Å²) in [6.45, 7) is 9.26. The van der Waals surface area contributed by atoms with E-state index in [0.717, 1.165) is 19.3 Å². The number of aliphatic hydroxyl groups is 1. The van der Waals surface area contributed by atoms with E-state index in [1.807, 2.05) is 13.8 Å². The van der Waals surface area contributed by atoms with Gasteiger partial charge in [0.2, 0.25) is 0 Å². The number of rotatable bonds is 5. The molecule has 6 heteroatoms. The summed E-state index contributed by atoms with van der Waals surface area (Å²) in [5, 5.41) is 12.5. The number of ether oxygens (including phenoxy) is 2. The van der Waals surface area contributed by atoms with Crippen molar-refractivity contribution in [1.82, 2.24) is 5.32 Å². The van der Waals surface area contributed by atoms with Gasteiger partial charge in [-0.2, -0.15) is 0 Å². The smallest absolute Gasteiger partial charge is 0.407 e. The molecule has 1 aliphatic rings. The third kappa shape index (κ3) is 7.64. The Balaban J connectivity index is 0.00000211. The maximum absolute atomic E-state index is 11.8. The highest BCUT2D eigenvalue weighted by Gasteiger charge is 2.33. The van der Waals surface area contributed by atoms with E-state index in [-0.39, 0.29) is 0 Å². The SMILES string of the molecule is CC.COC(=O)C(O)C(CC1CCC1)NC(=O)OC(C)(C)C. The third-order valence-corrected chi connectivity index (χ3v) is 3.34. The zero-order valence-corrected chi connectivity index (χ0v) is 14.6. The summed E-state index contributed by atoms with van der Waals surface area (Å²) in [4.78, 5) is 23.2. The number of amides is 1. The molecule has 0 heterocycles. The maximum Gasteiger partial charge on any atom is 0.407 e. The van der Waals surface area contributed by atoms with E-state index in [0.29, 0.717) is 12.3 Å². The lowest BCUT2D eigenvalue weighted by Gasteiger charge is -2.32. The first kappa shape index (κ1) is 20.7. The molecule has 2 unspecified atom stereocenters. The lowest BCUT2D eigenvalue weighted by atomic mass is 9.80. The van der Waals surface area contributed by atoms with Gasteiger partial charge in [-0.05, 0) is 33.1 Å². The Morgan fingerprint density at radius 2 is 1.82 bits per heavy atom. The van der Waals surface area contributed by atoms with Crippen LogP contribution in [0.1, 0.15) is 60.3 Å². The number of carbonyl (C=O) groups excluding carboxylic acids is 2. The van der Waals surface area contributed by atoms with E-state index in [1.165, 1.54) is 7.11 Å². The van der Waals surface area contributed by atoms with Crippen LogP contribution in [0.4, 0.5) is 4.79 Å². The van der Waals surface area contributed by atoms with Crippen LogP contribution >= 0.6 is 0 Å². The number of esters is 1. The minimum Gasteiger partial charge on any atom is -0.467 e. The zero-order valence-electron chi connectivity index (χ0n) is 14.6. The Morgan fingerprint density at radius 3 is 2.18 bits per heavy atom. The summed E-state index contributed by atoms with van der Waals surface area (Å²) in [7, 11) is 1.21. The normalized spacial score (nSPS) is 17.2. The molecule has 0 aromatic heterocycles. The second-order valence-electron chi connectivity index (χ2n) is 6.25. The molecule has 22 heavy (non-hydrogen) atoms. The highest BCUT2D eigenvalue weighted by Crippen LogP contribution is 2.31. The van der Waals surface area contributed by atoms with Crippen LogP contribution in [0.3, 0.4) is 0 Å². The second-order valence-corrected chi connectivity index (χ2v) is 6.25. The molecule has 1 amide bonds. The van der Waals surface area contributed by atoms with Crippen molar-refractivity contribution in [2.24, 2.45) is 5.92 Å². The van der Waals surface area contributed by atoms with Gasteiger partial charge in [0.15, 0.2) is 6.10 Å². The minimum atomic E-state index is -1.37. The first-order chi connectivity index (χ1) is 10.2. The van der Waals surface area contributed by atoms with E-state index < -0.39 is 29.8 Å². The molecular weight excluding hydrogens is 286 g/mol. The predicted molar refractivity (Wildman–Crippen MR) is 84.5 cm³/mol. The fourth-order valence-corrected chi connectivity index (χ4v) is 2.10. The average molecular weight is 317 g/mol. The summed E-state index contributed by atoms with van der Waals surface area (Å²) >= 11 is 0. The second kappa shape index (κ2) is 9.66. The van der Waals surface area contributed by atoms with Gasteiger partial charge >= 0.3 is 12.1 Å². The molecular formula is C16H31NO5. The molecule has 1 aliphatic carbocycles. The average Bonchev–Trinajstić information content (AvgIpc) is 2.39. The molecule has 130 valence electrons. The predicted octanol–water partition coefficient (Wildman–Crippen LogP) is 2.63. The van der Waals surface area contributed by atoms with Crippen molar-refractivity contribution in [2.45, 2.75) is 78.0 Å². The van der Waals surface area contributed by atoms with Gasteiger partial charge in [0.05, 0.1) is 13.2 Å². The van der Waals surface area contributed by atoms with Gasteiger partial charge in [-0.1, -0.05) is 33.1 Å². The van der Waals surface area contributed by atoms with E-state index in [9.17, 15) is 14.7 Å². The summed E-state index contributed by atoms with van der Waals surface area (Å²) in [5.41, 5.74) is -0.624. The first-order valence-corrected chi connectivity index (χ1v) is 7.98. The third-order valence-electron chi connectivity index (χ3n) is 3.34. The van der Waals surface area contributed by atoms with Crippen molar-refractivity contribution in [1.29, 1.82) is 0 Å². The lowest BCUT2D eigenvalue weighted by molar-refractivity contribution is -0.152. The van der Waals surface area contributed by atoms with Crippen molar-refractivity contribution < 1.29 is 24.2 Å². The van der Waals surface area contributed by atoms with Crippen LogP contribution in [0, 0.1) is 5.92 Å². The van der Waals surface area contributed by atoms with E-state index in [1.54, 1.807) is 20.8 Å². The van der Waals surface area contributed by atoms with Crippen LogP contribution in [0.15, 0.2) is 0 Å². The van der Waals surface area contributed by atoms with Crippen molar-refractivity contribution in [3.8, 4) is 0 Å². The van der Waals surface area contributed by atoms with Crippen molar-refractivity contribution in [3.05, 3.63) is 0 Å². The standard InChI is InChI=1S/C14H25NO5.C2H6/c1-14(2,3)20-13(18)15-10(8-9-6-5-7-9)11(16)12(17)19-4;1-2/h9-11,16H,5-8H2,1-4H3,(H,15,18);1-2H3. The van der Waals surface area contributed by atoms with E-state index in [2.05, 4.69) is 10.1 Å². The van der Waals surface area contributed by atoms with Gasteiger partial charge in [0.1, 0.15) is 5.60 Å². The lowest BCUT2D eigenvalue weighted by Crippen LogP contribution is -2.50. The molecule has 0 spiro atoms. The zero-order chi connectivity index (χ0) is 17.3. The Labute approximate surface area is 133 Å². The topological polar surface area (TPSA) is 84.9 Å². The van der Waals surface area contributed by atoms with Gasteiger partial charge in [-0.3, -0.25) is 0 Å². The first-order valence-electron chi connectivity index (χ1n) is 7.98. The number of nitrogens with one attached hydrogen (secondary N) is 1. The van der Waals surface area contributed by atoms with Gasteiger partial charge in [-0.15, -0.1) is 0 Å². The molecule has 1 rings (SSSR count). The van der Waals surface area contributed by atoms with Gasteiger partial charge in [-0.25, -0.2) is 9.59 Å². The van der Waals surface area contributed by atoms with Crippen molar-refractivity contribution in [2.75, 3.05) is 7.11 Å². The van der Waals surface area contributed by atoms with Crippen LogP contribution in [-0.4, -0.2) is 42.0 Å². The fourth-order valence-electron chi connectivity index (χ4n) is 2.10. The molecule has 2 N–H and O–H groups in total. The molecule has 1 fully saturated rings. The highest BCUT2D eigenvalue weighted by atomic mass is 16.6. The Kier molecular flexibility index (Phi) is 9.09. The highest BCUT2D eigenvalue weighted by molar-refractivity contribution is 5.76. The molecule has 0 saturated heterocycles. The molecule has 0 radical (unpaired) electrons. The Hall–Kier alpha value is -1.30. The van der Waals surface area contributed by atoms with Crippen molar-refractivity contribution >= 4 is 12.1 Å². The number of aliphatic hydroxyl groups excluding tert-OH is 1. The van der Waals surface area contributed by atoms with Gasteiger partial charge in [0.25, 0.3) is 0 Å². The number of carbonyl (C=O) groups is 2. The number of alkyl carbamates (subject to hydrolysis) is 1. The number of hydrogen-bond donors (Lipinski definition) is 2. The quantitative estimate of drug-likeness (QED) is 0.761. The number of methoxy groups -OCH3 is 1. The number of hydrogen-bond acceptors (Lipinski definition) is 5. The maximum atomic E-state index is 11.8. The fraction of sp³-hybridized carbons (Fsp3) is 0.875. The van der Waals surface area contributed by atoms with Crippen molar-refractivity contribution in [3.63, 3.8) is 0 Å². The van der Waals surface area contributed by atoms with Gasteiger partial charge < -0.3 is 19.9 Å². The van der Waals surface area contributed by atoms with Crippen LogP contribution in [0.25, 0.3) is 0 Å². The van der Waals surface area contributed by atoms with Crippen LogP contribution in [0.2, 0.25) is 0 Å². The summed E-state index contributed by atoms with van der Waals surface area (Å²) in [6.07, 6.45) is 1.81. The van der Waals surface area contributed by atoms with Crippen LogP contribution < -0.4 is 5.32 Å². The minimum absolute atomic E-state index is 0.425. The molecule has 0 aromatic rings. The summed E-state index contributed by atoms with van der Waals surface area (Å²) < 4.78 is 9.68. The largest absolute Gasteiger partial charge is 0.467 e. The Morgan fingerprint density at radius 1 is 1.27 bits per heavy atom. The monoisotopic (exact) mass is 317 g/mol. The Bertz CT molecular complexity index is 347. The van der Waals surface area contributed by atoms with Crippen LogP contribution in [-0.2, 0) is 14.3 Å². The van der Waals surface area contributed by atoms with Gasteiger partial charge in [0, 0.05) is 0 Å². The molecule has 0 bridgehead atoms.